The molecular formula is C13H21N2O+. The molecule has 0 aliphatic carbocycles. The van der Waals surface area contributed by atoms with Crippen molar-refractivity contribution in [3.8, 4) is 5.75 Å². The van der Waals surface area contributed by atoms with Gasteiger partial charge in [0, 0.05) is 11.8 Å². The third-order valence-electron chi connectivity index (χ3n) is 3.59. The van der Waals surface area contributed by atoms with Crippen LogP contribution in [0, 0.1) is 0 Å². The number of nitrogen functional groups attached to an aromatic ring is 1. The molecule has 2 N–H and O–H groups in total. The monoisotopic (exact) mass is 221 g/mol. The lowest BCUT2D eigenvalue weighted by atomic mass is 10.1. The van der Waals surface area contributed by atoms with Gasteiger partial charge in [0.25, 0.3) is 0 Å². The van der Waals surface area contributed by atoms with Crippen LogP contribution in [0.2, 0.25) is 0 Å². The average Bonchev–Trinajstić information content (AvgIpc) is 2.30. The Morgan fingerprint density at radius 3 is 2.50 bits per heavy atom. The number of anilines is 1. The molecule has 16 heavy (non-hydrogen) atoms. The van der Waals surface area contributed by atoms with Crippen LogP contribution < -0.4 is 15.0 Å². The van der Waals surface area contributed by atoms with Gasteiger partial charge in [-0.1, -0.05) is 0 Å². The first kappa shape index (κ1) is 11.3. The van der Waals surface area contributed by atoms with Gasteiger partial charge in [0.2, 0.25) is 0 Å². The molecule has 0 spiro atoms. The molecule has 3 heteroatoms. The molecule has 2 rings (SSSR count). The van der Waals surface area contributed by atoms with Crippen molar-refractivity contribution in [2.75, 3.05) is 33.0 Å². The maximum absolute atomic E-state index is 5.88. The number of likely N-dealkylation sites (tertiary alicyclic amines) is 1. The average molecular weight is 221 g/mol. The van der Waals surface area contributed by atoms with Gasteiger partial charge in [0.15, 0.2) is 11.4 Å². The number of piperidine rings is 1. The highest BCUT2D eigenvalue weighted by Gasteiger charge is 2.30. The lowest BCUT2D eigenvalue weighted by molar-refractivity contribution is 0.265. The SMILES string of the molecule is COc1ccc(N)cc1[N+]1(C)CCCCC1. The molecule has 1 fully saturated rings. The lowest BCUT2D eigenvalue weighted by Gasteiger charge is -2.38. The molecule has 1 saturated heterocycles. The van der Waals surface area contributed by atoms with E-state index >= 15 is 0 Å². The Kier molecular flexibility index (Phi) is 3.06. The minimum atomic E-state index is 0.820. The number of hydrogen-bond donors (Lipinski definition) is 1. The summed E-state index contributed by atoms with van der Waals surface area (Å²) in [6.07, 6.45) is 3.92. The third kappa shape index (κ3) is 2.00. The van der Waals surface area contributed by atoms with E-state index in [0.29, 0.717) is 0 Å². The number of quaternary nitrogens is 1. The molecule has 1 aromatic rings. The summed E-state index contributed by atoms with van der Waals surface area (Å²) < 4.78 is 6.40. The minimum Gasteiger partial charge on any atom is -0.491 e. The van der Waals surface area contributed by atoms with Gasteiger partial charge in [0.05, 0.1) is 27.2 Å². The normalized spacial score (nSPS) is 19.4. The van der Waals surface area contributed by atoms with Crippen LogP contribution in [0.25, 0.3) is 0 Å². The maximum Gasteiger partial charge on any atom is 0.179 e. The fourth-order valence-corrected chi connectivity index (χ4v) is 2.58. The van der Waals surface area contributed by atoms with E-state index in [2.05, 4.69) is 13.1 Å². The fraction of sp³-hybridized carbons (Fsp3) is 0.538. The van der Waals surface area contributed by atoms with Crippen molar-refractivity contribution >= 4 is 11.4 Å². The van der Waals surface area contributed by atoms with E-state index in [1.807, 2.05) is 12.1 Å². The number of nitrogens with zero attached hydrogens (tertiary/aromatic N) is 1. The molecule has 0 atom stereocenters. The van der Waals surface area contributed by atoms with Crippen LogP contribution in [0.15, 0.2) is 18.2 Å². The zero-order chi connectivity index (χ0) is 11.6. The molecule has 88 valence electrons. The minimum absolute atomic E-state index is 0.820. The number of ether oxygens (including phenoxy) is 1. The van der Waals surface area contributed by atoms with Crippen LogP contribution in [-0.2, 0) is 0 Å². The topological polar surface area (TPSA) is 35.2 Å². The van der Waals surface area contributed by atoms with E-state index in [-0.39, 0.29) is 0 Å². The van der Waals surface area contributed by atoms with Crippen molar-refractivity contribution in [3.05, 3.63) is 18.2 Å². The van der Waals surface area contributed by atoms with Crippen molar-refractivity contribution in [3.63, 3.8) is 0 Å². The highest BCUT2D eigenvalue weighted by atomic mass is 16.5. The highest BCUT2D eigenvalue weighted by molar-refractivity contribution is 5.62. The van der Waals surface area contributed by atoms with E-state index in [9.17, 15) is 0 Å². The number of methoxy groups -OCH3 is 1. The Labute approximate surface area is 97.4 Å². The van der Waals surface area contributed by atoms with Crippen molar-refractivity contribution in [1.82, 2.24) is 4.48 Å². The number of nitrogens with two attached hydrogens (primary N) is 1. The Balaban J connectivity index is 2.40. The van der Waals surface area contributed by atoms with Gasteiger partial charge >= 0.3 is 0 Å². The van der Waals surface area contributed by atoms with Crippen molar-refractivity contribution < 1.29 is 4.74 Å². The maximum atomic E-state index is 5.88. The van der Waals surface area contributed by atoms with Gasteiger partial charge in [-0.25, -0.2) is 0 Å². The molecule has 0 bridgehead atoms. The van der Waals surface area contributed by atoms with Crippen molar-refractivity contribution in [1.29, 1.82) is 0 Å². The number of hydrogen-bond acceptors (Lipinski definition) is 2. The highest BCUT2D eigenvalue weighted by Crippen LogP contribution is 2.36. The molecule has 1 heterocycles. The van der Waals surface area contributed by atoms with Gasteiger partial charge in [-0.05, 0) is 31.4 Å². The van der Waals surface area contributed by atoms with E-state index in [0.717, 1.165) is 15.9 Å². The quantitative estimate of drug-likeness (QED) is 0.615. The van der Waals surface area contributed by atoms with Crippen molar-refractivity contribution in [2.45, 2.75) is 19.3 Å². The Bertz CT molecular complexity index is 370. The fourth-order valence-electron chi connectivity index (χ4n) is 2.58. The summed E-state index contributed by atoms with van der Waals surface area (Å²) in [5.74, 6) is 0.957. The standard InChI is InChI=1S/C13H21N2O/c1-15(8-4-3-5-9-15)12-10-11(14)6-7-13(12)16-2/h6-7,10H,3-5,8-9,14H2,1-2H3/q+1. The summed E-state index contributed by atoms with van der Waals surface area (Å²) in [5, 5.41) is 0. The molecule has 1 aliphatic rings. The summed E-state index contributed by atoms with van der Waals surface area (Å²) in [6, 6.07) is 5.94. The Hall–Kier alpha value is -1.22. The van der Waals surface area contributed by atoms with Crippen LogP contribution in [0.3, 0.4) is 0 Å². The second-order valence-corrected chi connectivity index (χ2v) is 4.84. The summed E-state index contributed by atoms with van der Waals surface area (Å²) in [4.78, 5) is 0. The molecule has 1 aromatic carbocycles. The zero-order valence-corrected chi connectivity index (χ0v) is 10.2. The van der Waals surface area contributed by atoms with Gasteiger partial charge in [-0.2, -0.15) is 0 Å². The Morgan fingerprint density at radius 1 is 1.19 bits per heavy atom. The van der Waals surface area contributed by atoms with Gasteiger partial charge in [-0.3, -0.25) is 4.48 Å². The summed E-state index contributed by atoms with van der Waals surface area (Å²) in [7, 11) is 4.00. The lowest BCUT2D eigenvalue weighted by Crippen LogP contribution is -2.49. The smallest absolute Gasteiger partial charge is 0.179 e. The third-order valence-corrected chi connectivity index (χ3v) is 3.59. The van der Waals surface area contributed by atoms with E-state index in [1.165, 1.54) is 38.0 Å². The first-order valence-electron chi connectivity index (χ1n) is 5.94. The predicted molar refractivity (Wildman–Crippen MR) is 68.7 cm³/mol. The summed E-state index contributed by atoms with van der Waals surface area (Å²) in [5.41, 5.74) is 7.93. The van der Waals surface area contributed by atoms with Gasteiger partial charge in [-0.15, -0.1) is 0 Å². The van der Waals surface area contributed by atoms with Gasteiger partial charge in [0.1, 0.15) is 0 Å². The number of benzene rings is 1. The van der Waals surface area contributed by atoms with Crippen LogP contribution in [0.5, 0.6) is 5.75 Å². The molecule has 1 aliphatic heterocycles. The summed E-state index contributed by atoms with van der Waals surface area (Å²) >= 11 is 0. The predicted octanol–water partition coefficient (Wildman–Crippen LogP) is 2.40. The molecular weight excluding hydrogens is 200 g/mol. The van der Waals surface area contributed by atoms with Crippen LogP contribution in [0.4, 0.5) is 11.4 Å². The van der Waals surface area contributed by atoms with Crippen LogP contribution in [0.1, 0.15) is 19.3 Å². The van der Waals surface area contributed by atoms with Gasteiger partial charge < -0.3 is 10.5 Å². The van der Waals surface area contributed by atoms with E-state index in [4.69, 9.17) is 10.5 Å². The molecule has 0 amide bonds. The molecule has 0 saturated carbocycles. The number of rotatable bonds is 2. The largest absolute Gasteiger partial charge is 0.491 e. The molecule has 0 radical (unpaired) electrons. The Morgan fingerprint density at radius 2 is 1.88 bits per heavy atom. The second-order valence-electron chi connectivity index (χ2n) is 4.84. The van der Waals surface area contributed by atoms with Crippen LogP contribution in [-0.4, -0.2) is 27.2 Å². The molecule has 3 nitrogen and oxygen atoms in total. The van der Waals surface area contributed by atoms with Crippen LogP contribution >= 0.6 is 0 Å². The zero-order valence-electron chi connectivity index (χ0n) is 10.2. The van der Waals surface area contributed by atoms with Crippen molar-refractivity contribution in [2.24, 2.45) is 0 Å². The first-order chi connectivity index (χ1) is 7.65. The molecule has 0 unspecified atom stereocenters. The first-order valence-corrected chi connectivity index (χ1v) is 5.94. The molecule has 0 aromatic heterocycles. The summed E-state index contributed by atoms with van der Waals surface area (Å²) in [6.45, 7) is 2.36. The van der Waals surface area contributed by atoms with E-state index < -0.39 is 0 Å². The van der Waals surface area contributed by atoms with E-state index in [1.54, 1.807) is 7.11 Å². The second kappa shape index (κ2) is 4.34.